The van der Waals surface area contributed by atoms with E-state index in [1.165, 1.54) is 0 Å². The van der Waals surface area contributed by atoms with Gasteiger partial charge >= 0.3 is 0 Å². The summed E-state index contributed by atoms with van der Waals surface area (Å²) >= 11 is 0. The third-order valence-corrected chi connectivity index (χ3v) is 0.677. The minimum absolute atomic E-state index is 0.903. The van der Waals surface area contributed by atoms with Gasteiger partial charge in [0.05, 0.1) is 0 Å². The van der Waals surface area contributed by atoms with Crippen LogP contribution in [0.5, 0.6) is 0 Å². The molecular weight excluding hydrogens is 90.1 g/mol. The first-order valence-corrected chi connectivity index (χ1v) is 2.21. The zero-order valence-corrected chi connectivity index (χ0v) is 3.91. The fourth-order valence-electron chi connectivity index (χ4n) is 0.370. The first kappa shape index (κ1) is 4.28. The molecule has 1 rings (SSSR count). The molecule has 38 valence electrons. The van der Waals surface area contributed by atoms with Gasteiger partial charge in [0.2, 0.25) is 0 Å². The van der Waals surface area contributed by atoms with E-state index >= 15 is 0 Å². The second-order valence-electron chi connectivity index (χ2n) is 1.23. The lowest BCUT2D eigenvalue weighted by Gasteiger charge is -1.94. The molecular formula is C4H7N3. The number of hydrazine groups is 1. The fraction of sp³-hybridized carbons (Fsp3) is 0.500. The van der Waals surface area contributed by atoms with E-state index in [0.717, 1.165) is 13.1 Å². The SMILES string of the molecule is C1#CNNCCN1. The summed E-state index contributed by atoms with van der Waals surface area (Å²) < 4.78 is 0. The Hall–Kier alpha value is -0.880. The van der Waals surface area contributed by atoms with Crippen molar-refractivity contribution >= 4 is 0 Å². The molecule has 0 aromatic carbocycles. The molecule has 1 heterocycles. The van der Waals surface area contributed by atoms with Crippen molar-refractivity contribution in [2.45, 2.75) is 0 Å². The molecule has 0 aliphatic carbocycles. The minimum Gasteiger partial charge on any atom is -0.343 e. The summed E-state index contributed by atoms with van der Waals surface area (Å²) in [7, 11) is 0. The zero-order valence-electron chi connectivity index (χ0n) is 3.91. The van der Waals surface area contributed by atoms with Gasteiger partial charge in [-0.05, 0) is 0 Å². The Kier molecular flexibility index (Phi) is 1.42. The van der Waals surface area contributed by atoms with Crippen LogP contribution in [-0.2, 0) is 0 Å². The van der Waals surface area contributed by atoms with Crippen molar-refractivity contribution in [3.63, 3.8) is 0 Å². The number of hydrogen-bond donors (Lipinski definition) is 3. The zero-order chi connectivity index (χ0) is 4.95. The van der Waals surface area contributed by atoms with Gasteiger partial charge in [0.1, 0.15) is 0 Å². The fourth-order valence-corrected chi connectivity index (χ4v) is 0.370. The highest BCUT2D eigenvalue weighted by Crippen LogP contribution is 1.55. The van der Waals surface area contributed by atoms with Gasteiger partial charge in [-0.3, -0.25) is 5.43 Å². The van der Waals surface area contributed by atoms with E-state index in [9.17, 15) is 0 Å². The smallest absolute Gasteiger partial charge is 0.0435 e. The first-order chi connectivity index (χ1) is 3.50. The highest BCUT2D eigenvalue weighted by Gasteiger charge is 1.82. The molecule has 3 nitrogen and oxygen atoms in total. The highest BCUT2D eigenvalue weighted by molar-refractivity contribution is 4.94. The van der Waals surface area contributed by atoms with Crippen LogP contribution >= 0.6 is 0 Å². The van der Waals surface area contributed by atoms with Crippen LogP contribution in [0.2, 0.25) is 0 Å². The van der Waals surface area contributed by atoms with E-state index in [1.54, 1.807) is 0 Å². The van der Waals surface area contributed by atoms with E-state index in [2.05, 4.69) is 28.3 Å². The van der Waals surface area contributed by atoms with Gasteiger partial charge in [-0.2, -0.15) is 0 Å². The number of nitrogens with one attached hydrogen (secondary N) is 3. The van der Waals surface area contributed by atoms with Crippen LogP contribution < -0.4 is 16.2 Å². The predicted molar refractivity (Wildman–Crippen MR) is 26.9 cm³/mol. The van der Waals surface area contributed by atoms with Crippen molar-refractivity contribution in [3.8, 4) is 12.1 Å². The average Bonchev–Trinajstić information content (AvgIpc) is 1.90. The third-order valence-electron chi connectivity index (χ3n) is 0.677. The van der Waals surface area contributed by atoms with Gasteiger partial charge in [0.15, 0.2) is 0 Å². The lowest BCUT2D eigenvalue weighted by atomic mass is 10.7. The predicted octanol–water partition coefficient (Wildman–Crippen LogP) is -1.40. The van der Waals surface area contributed by atoms with E-state index in [1.807, 2.05) is 0 Å². The number of hydrogen-bond acceptors (Lipinski definition) is 3. The van der Waals surface area contributed by atoms with Crippen LogP contribution in [0.1, 0.15) is 0 Å². The Bertz CT molecular complexity index is 89.2. The summed E-state index contributed by atoms with van der Waals surface area (Å²) in [5.41, 5.74) is 5.53. The molecule has 0 radical (unpaired) electrons. The van der Waals surface area contributed by atoms with E-state index in [0.29, 0.717) is 0 Å². The van der Waals surface area contributed by atoms with Gasteiger partial charge in [0, 0.05) is 25.2 Å². The van der Waals surface area contributed by atoms with Crippen LogP contribution in [0.4, 0.5) is 0 Å². The van der Waals surface area contributed by atoms with Crippen molar-refractivity contribution in [1.82, 2.24) is 16.2 Å². The number of rotatable bonds is 0. The molecule has 0 spiro atoms. The lowest BCUT2D eigenvalue weighted by Crippen LogP contribution is -2.30. The molecule has 0 unspecified atom stereocenters. The van der Waals surface area contributed by atoms with Crippen LogP contribution in [-0.4, -0.2) is 13.1 Å². The van der Waals surface area contributed by atoms with Crippen LogP contribution in [0.15, 0.2) is 0 Å². The average molecular weight is 97.1 g/mol. The maximum atomic E-state index is 2.86. The lowest BCUT2D eigenvalue weighted by molar-refractivity contribution is 0.642. The highest BCUT2D eigenvalue weighted by atomic mass is 15.3. The van der Waals surface area contributed by atoms with E-state index < -0.39 is 0 Å². The van der Waals surface area contributed by atoms with Crippen molar-refractivity contribution < 1.29 is 0 Å². The van der Waals surface area contributed by atoms with E-state index in [4.69, 9.17) is 0 Å². The summed E-state index contributed by atoms with van der Waals surface area (Å²) in [5.74, 6) is 0. The second kappa shape index (κ2) is 2.32. The van der Waals surface area contributed by atoms with Crippen molar-refractivity contribution in [2.75, 3.05) is 13.1 Å². The Morgan fingerprint density at radius 1 is 1.14 bits per heavy atom. The monoisotopic (exact) mass is 97.1 g/mol. The summed E-state index contributed by atoms with van der Waals surface area (Å²) in [6.45, 7) is 1.81. The Morgan fingerprint density at radius 3 is 3.14 bits per heavy atom. The molecule has 0 fully saturated rings. The molecule has 3 N–H and O–H groups in total. The Balaban J connectivity index is 2.26. The van der Waals surface area contributed by atoms with Gasteiger partial charge in [0.25, 0.3) is 0 Å². The molecule has 1 aliphatic heterocycles. The van der Waals surface area contributed by atoms with Crippen LogP contribution in [0, 0.1) is 12.1 Å². The topological polar surface area (TPSA) is 36.1 Å². The molecule has 3 heteroatoms. The molecule has 0 saturated carbocycles. The molecule has 0 aromatic heterocycles. The Labute approximate surface area is 42.4 Å². The van der Waals surface area contributed by atoms with Gasteiger partial charge in [-0.25, -0.2) is 5.43 Å². The van der Waals surface area contributed by atoms with Crippen molar-refractivity contribution in [2.24, 2.45) is 0 Å². The quantitative estimate of drug-likeness (QED) is 0.325. The normalized spacial score (nSPS) is 17.1. The van der Waals surface area contributed by atoms with Gasteiger partial charge in [-0.15, -0.1) is 0 Å². The molecule has 0 bridgehead atoms. The van der Waals surface area contributed by atoms with E-state index in [-0.39, 0.29) is 0 Å². The van der Waals surface area contributed by atoms with Crippen LogP contribution in [0.3, 0.4) is 0 Å². The maximum absolute atomic E-state index is 2.86. The summed E-state index contributed by atoms with van der Waals surface area (Å²) in [6, 6.07) is 5.30. The van der Waals surface area contributed by atoms with Crippen molar-refractivity contribution in [1.29, 1.82) is 0 Å². The third kappa shape index (κ3) is 1.33. The maximum Gasteiger partial charge on any atom is 0.0435 e. The second-order valence-corrected chi connectivity index (χ2v) is 1.23. The molecule has 0 atom stereocenters. The summed E-state index contributed by atoms with van der Waals surface area (Å²) in [4.78, 5) is 0. The molecule has 0 aromatic rings. The molecule has 7 heavy (non-hydrogen) atoms. The Morgan fingerprint density at radius 2 is 2.14 bits per heavy atom. The standard InChI is InChI=1S/C4H7N3/c1-3-6-7-4-2-5-1/h5-7H,1,3H2. The van der Waals surface area contributed by atoms with Crippen LogP contribution in [0.25, 0.3) is 0 Å². The minimum atomic E-state index is 0.903. The van der Waals surface area contributed by atoms with Gasteiger partial charge < -0.3 is 5.32 Å². The summed E-state index contributed by atoms with van der Waals surface area (Å²) in [5, 5.41) is 2.86. The largest absolute Gasteiger partial charge is 0.343 e. The van der Waals surface area contributed by atoms with Gasteiger partial charge in [-0.1, -0.05) is 0 Å². The molecule has 0 saturated heterocycles. The molecule has 0 amide bonds. The summed E-state index contributed by atoms with van der Waals surface area (Å²) in [6.07, 6.45) is 0. The van der Waals surface area contributed by atoms with Crippen molar-refractivity contribution in [3.05, 3.63) is 0 Å². The first-order valence-electron chi connectivity index (χ1n) is 2.21. The molecule has 1 aliphatic rings.